The number of aromatic nitrogens is 1. The molecule has 1 aromatic heterocycles. The summed E-state index contributed by atoms with van der Waals surface area (Å²) >= 11 is 0. The van der Waals surface area contributed by atoms with Gasteiger partial charge >= 0.3 is 12.1 Å². The number of piperidine rings is 1. The van der Waals surface area contributed by atoms with E-state index in [2.05, 4.69) is 28.9 Å². The Balaban J connectivity index is 0.000000345. The molecular weight excluding hydrogens is 377 g/mol. The topological polar surface area (TPSA) is 71.9 Å². The quantitative estimate of drug-likeness (QED) is 0.813. The Hall–Kier alpha value is -1.71. The van der Waals surface area contributed by atoms with Gasteiger partial charge < -0.3 is 14.6 Å². The number of nitrogens with zero attached hydrogens (tertiary/aromatic N) is 2. The van der Waals surface area contributed by atoms with Crippen LogP contribution in [0.25, 0.3) is 0 Å². The second-order valence-corrected chi connectivity index (χ2v) is 7.09. The standard InChI is InChI=1S/C17H26N2O2.C2HF3O2/c1-2-20-14-17-8-5-11-21-16(17)7-10-19(13-17)12-15-6-3-4-9-18-15;3-2(4,5)1(6)7/h3-4,6,9,16H,2,5,7-8,10-14H2,1H3;(H,6,7). The molecule has 0 spiro atoms. The number of carboxylic acid groups (broad SMARTS) is 1. The second kappa shape index (κ2) is 10.2. The van der Waals surface area contributed by atoms with Gasteiger partial charge in [0.15, 0.2) is 0 Å². The first-order valence-electron chi connectivity index (χ1n) is 9.38. The molecular formula is C19H27F3N2O4. The van der Waals surface area contributed by atoms with Crippen LogP contribution in [-0.2, 0) is 20.8 Å². The van der Waals surface area contributed by atoms with E-state index in [0.717, 1.165) is 58.0 Å². The van der Waals surface area contributed by atoms with E-state index >= 15 is 0 Å². The highest BCUT2D eigenvalue weighted by molar-refractivity contribution is 5.73. The van der Waals surface area contributed by atoms with Gasteiger partial charge in [-0.25, -0.2) is 4.79 Å². The molecule has 0 amide bonds. The third kappa shape index (κ3) is 6.42. The van der Waals surface area contributed by atoms with Crippen LogP contribution in [0.15, 0.2) is 24.4 Å². The first-order valence-corrected chi connectivity index (χ1v) is 9.38. The zero-order valence-electron chi connectivity index (χ0n) is 16.0. The zero-order chi connectivity index (χ0) is 20.6. The minimum atomic E-state index is -5.08. The molecule has 2 aliphatic rings. The maximum atomic E-state index is 10.6. The number of aliphatic carboxylic acids is 1. The lowest BCUT2D eigenvalue weighted by Gasteiger charge is -2.50. The van der Waals surface area contributed by atoms with Crippen molar-refractivity contribution >= 4 is 5.97 Å². The third-order valence-corrected chi connectivity index (χ3v) is 5.01. The van der Waals surface area contributed by atoms with Crippen molar-refractivity contribution in [2.24, 2.45) is 5.41 Å². The molecule has 3 rings (SSSR count). The minimum absolute atomic E-state index is 0.182. The lowest BCUT2D eigenvalue weighted by molar-refractivity contribution is -0.192. The molecule has 2 aliphatic heterocycles. The molecule has 0 aromatic carbocycles. The molecule has 1 aromatic rings. The van der Waals surface area contributed by atoms with Crippen LogP contribution in [-0.4, -0.2) is 66.2 Å². The Morgan fingerprint density at radius 1 is 1.46 bits per heavy atom. The summed E-state index contributed by atoms with van der Waals surface area (Å²) in [7, 11) is 0. The minimum Gasteiger partial charge on any atom is -0.475 e. The lowest BCUT2D eigenvalue weighted by Crippen LogP contribution is -2.56. The summed E-state index contributed by atoms with van der Waals surface area (Å²) in [5, 5.41) is 7.12. The molecule has 2 fully saturated rings. The van der Waals surface area contributed by atoms with E-state index in [1.807, 2.05) is 12.3 Å². The number of rotatable bonds is 5. The number of ether oxygens (including phenoxy) is 2. The van der Waals surface area contributed by atoms with Crippen molar-refractivity contribution < 1.29 is 32.5 Å². The number of halogens is 3. The Bertz CT molecular complexity index is 615. The van der Waals surface area contributed by atoms with Crippen molar-refractivity contribution in [3.63, 3.8) is 0 Å². The summed E-state index contributed by atoms with van der Waals surface area (Å²) in [6.45, 7) is 7.69. The Morgan fingerprint density at radius 3 is 2.82 bits per heavy atom. The van der Waals surface area contributed by atoms with Gasteiger partial charge in [0.25, 0.3) is 0 Å². The molecule has 2 saturated heterocycles. The monoisotopic (exact) mass is 404 g/mol. The molecule has 0 radical (unpaired) electrons. The molecule has 0 bridgehead atoms. The van der Waals surface area contributed by atoms with Crippen molar-refractivity contribution in [2.45, 2.75) is 45.0 Å². The normalized spacial score (nSPS) is 25.4. The molecule has 158 valence electrons. The molecule has 28 heavy (non-hydrogen) atoms. The zero-order valence-corrected chi connectivity index (χ0v) is 16.0. The van der Waals surface area contributed by atoms with E-state index in [1.54, 1.807) is 0 Å². The van der Waals surface area contributed by atoms with Gasteiger partial charge in [-0.3, -0.25) is 9.88 Å². The maximum Gasteiger partial charge on any atom is 0.490 e. The summed E-state index contributed by atoms with van der Waals surface area (Å²) in [5.74, 6) is -2.76. The van der Waals surface area contributed by atoms with E-state index in [9.17, 15) is 13.2 Å². The summed E-state index contributed by atoms with van der Waals surface area (Å²) in [6.07, 6.45) is 0.650. The Kier molecular flexibility index (Phi) is 8.21. The predicted octanol–water partition coefficient (Wildman–Crippen LogP) is 3.12. The number of hydrogen-bond donors (Lipinski definition) is 1. The SMILES string of the molecule is CCOCC12CCCOC1CCN(Cc1ccccn1)C2.O=C(O)C(F)(F)F. The highest BCUT2D eigenvalue weighted by Gasteiger charge is 2.46. The third-order valence-electron chi connectivity index (χ3n) is 5.01. The highest BCUT2D eigenvalue weighted by Crippen LogP contribution is 2.40. The number of likely N-dealkylation sites (tertiary alicyclic amines) is 1. The number of fused-ring (bicyclic) bond motifs is 1. The summed E-state index contributed by atoms with van der Waals surface area (Å²) in [6, 6.07) is 6.15. The number of hydrogen-bond acceptors (Lipinski definition) is 5. The van der Waals surface area contributed by atoms with E-state index in [-0.39, 0.29) is 5.41 Å². The van der Waals surface area contributed by atoms with Crippen LogP contribution in [0.5, 0.6) is 0 Å². The van der Waals surface area contributed by atoms with Crippen LogP contribution in [0.2, 0.25) is 0 Å². The van der Waals surface area contributed by atoms with Crippen molar-refractivity contribution in [1.29, 1.82) is 0 Å². The van der Waals surface area contributed by atoms with Gasteiger partial charge in [0.2, 0.25) is 0 Å². The molecule has 0 saturated carbocycles. The van der Waals surface area contributed by atoms with Gasteiger partial charge in [-0.2, -0.15) is 13.2 Å². The van der Waals surface area contributed by atoms with Crippen molar-refractivity contribution in [2.75, 3.05) is 32.9 Å². The number of alkyl halides is 3. The predicted molar refractivity (Wildman–Crippen MR) is 95.7 cm³/mol. The number of carboxylic acids is 1. The molecule has 6 nitrogen and oxygen atoms in total. The Labute approximate surface area is 162 Å². The van der Waals surface area contributed by atoms with Crippen LogP contribution in [0, 0.1) is 5.41 Å². The van der Waals surface area contributed by atoms with Crippen molar-refractivity contribution in [1.82, 2.24) is 9.88 Å². The molecule has 3 heterocycles. The van der Waals surface area contributed by atoms with E-state index < -0.39 is 12.1 Å². The van der Waals surface area contributed by atoms with Crippen LogP contribution >= 0.6 is 0 Å². The van der Waals surface area contributed by atoms with Crippen molar-refractivity contribution in [3.05, 3.63) is 30.1 Å². The average Bonchev–Trinajstić information content (AvgIpc) is 2.67. The largest absolute Gasteiger partial charge is 0.490 e. The van der Waals surface area contributed by atoms with Gasteiger partial charge in [0, 0.05) is 44.5 Å². The lowest BCUT2D eigenvalue weighted by atomic mass is 9.73. The summed E-state index contributed by atoms with van der Waals surface area (Å²) in [4.78, 5) is 15.9. The molecule has 1 N–H and O–H groups in total. The molecule has 2 unspecified atom stereocenters. The molecule has 2 atom stereocenters. The fraction of sp³-hybridized carbons (Fsp3) is 0.684. The highest BCUT2D eigenvalue weighted by atomic mass is 19.4. The van der Waals surface area contributed by atoms with Gasteiger partial charge in [0.1, 0.15) is 0 Å². The van der Waals surface area contributed by atoms with Gasteiger partial charge in [0.05, 0.1) is 18.4 Å². The number of pyridine rings is 1. The van der Waals surface area contributed by atoms with Crippen molar-refractivity contribution in [3.8, 4) is 0 Å². The van der Waals surface area contributed by atoms with E-state index in [1.165, 1.54) is 6.42 Å². The van der Waals surface area contributed by atoms with Gasteiger partial charge in [-0.15, -0.1) is 0 Å². The Morgan fingerprint density at radius 2 is 2.21 bits per heavy atom. The molecule has 0 aliphatic carbocycles. The summed E-state index contributed by atoms with van der Waals surface area (Å²) < 4.78 is 43.6. The van der Waals surface area contributed by atoms with E-state index in [4.69, 9.17) is 19.4 Å². The maximum absolute atomic E-state index is 10.6. The van der Waals surface area contributed by atoms with Crippen LogP contribution in [0.1, 0.15) is 31.9 Å². The first-order chi connectivity index (χ1) is 13.3. The van der Waals surface area contributed by atoms with Crippen LogP contribution in [0.4, 0.5) is 13.2 Å². The molecule has 9 heteroatoms. The van der Waals surface area contributed by atoms with Crippen LogP contribution in [0.3, 0.4) is 0 Å². The fourth-order valence-electron chi connectivity index (χ4n) is 3.75. The van der Waals surface area contributed by atoms with Gasteiger partial charge in [-0.1, -0.05) is 6.07 Å². The van der Waals surface area contributed by atoms with Crippen LogP contribution < -0.4 is 0 Å². The van der Waals surface area contributed by atoms with E-state index in [0.29, 0.717) is 6.10 Å². The fourth-order valence-corrected chi connectivity index (χ4v) is 3.75. The summed E-state index contributed by atoms with van der Waals surface area (Å²) in [5.41, 5.74) is 1.33. The first kappa shape index (κ1) is 22.6. The smallest absolute Gasteiger partial charge is 0.475 e. The number of carbonyl (C=O) groups is 1. The second-order valence-electron chi connectivity index (χ2n) is 7.09. The van der Waals surface area contributed by atoms with Gasteiger partial charge in [-0.05, 0) is 38.3 Å². The average molecular weight is 404 g/mol.